The minimum absolute atomic E-state index is 0.00868. The van der Waals surface area contributed by atoms with Crippen LogP contribution in [0.2, 0.25) is 0 Å². The lowest BCUT2D eigenvalue weighted by Gasteiger charge is -2.27. The van der Waals surface area contributed by atoms with E-state index in [4.69, 9.17) is 9.84 Å². The third-order valence-corrected chi connectivity index (χ3v) is 2.29. The van der Waals surface area contributed by atoms with E-state index in [1.165, 1.54) is 0 Å². The number of hydrogen-bond donors (Lipinski definition) is 1. The molecule has 0 spiro atoms. The van der Waals surface area contributed by atoms with Crippen LogP contribution in [0.3, 0.4) is 0 Å². The predicted octanol–water partition coefficient (Wildman–Crippen LogP) is 1.43. The van der Waals surface area contributed by atoms with Crippen molar-refractivity contribution >= 4 is 0 Å². The fourth-order valence-corrected chi connectivity index (χ4v) is 1.03. The molecule has 0 unspecified atom stereocenters. The lowest BCUT2D eigenvalue weighted by Crippen LogP contribution is -2.28. The lowest BCUT2D eigenvalue weighted by atomic mass is 9.84. The summed E-state index contributed by atoms with van der Waals surface area (Å²) in [5, 5.41) is 9.03. The van der Waals surface area contributed by atoms with Crippen LogP contribution in [0.25, 0.3) is 0 Å². The Balaban J connectivity index is 3.87. The summed E-state index contributed by atoms with van der Waals surface area (Å²) in [6.45, 7) is 5.06. The first-order valence-electron chi connectivity index (χ1n) is 3.84. The normalized spacial score (nSPS) is 12.0. The van der Waals surface area contributed by atoms with Crippen molar-refractivity contribution in [3.05, 3.63) is 0 Å². The van der Waals surface area contributed by atoms with Gasteiger partial charge in [-0.1, -0.05) is 13.8 Å². The van der Waals surface area contributed by atoms with Crippen molar-refractivity contribution in [1.29, 1.82) is 0 Å². The molecular formula is C8H18O2. The Morgan fingerprint density at radius 2 is 1.80 bits per heavy atom. The summed E-state index contributed by atoms with van der Waals surface area (Å²) in [5.41, 5.74) is 0.00868. The summed E-state index contributed by atoms with van der Waals surface area (Å²) in [5.74, 6) is 0. The van der Waals surface area contributed by atoms with Gasteiger partial charge in [-0.15, -0.1) is 0 Å². The molecule has 0 saturated carbocycles. The third-order valence-electron chi connectivity index (χ3n) is 2.29. The van der Waals surface area contributed by atoms with E-state index in [1.807, 2.05) is 0 Å². The average molecular weight is 146 g/mol. The smallest absolute Gasteiger partial charge is 0.0540 e. The molecule has 10 heavy (non-hydrogen) atoms. The van der Waals surface area contributed by atoms with Gasteiger partial charge in [0.2, 0.25) is 0 Å². The van der Waals surface area contributed by atoms with E-state index in [-0.39, 0.29) is 12.0 Å². The van der Waals surface area contributed by atoms with Crippen molar-refractivity contribution in [2.75, 3.05) is 20.3 Å². The van der Waals surface area contributed by atoms with Gasteiger partial charge in [-0.05, 0) is 12.8 Å². The maximum Gasteiger partial charge on any atom is 0.0540 e. The first-order chi connectivity index (χ1) is 4.74. The van der Waals surface area contributed by atoms with Gasteiger partial charge in [0.25, 0.3) is 0 Å². The maximum absolute atomic E-state index is 9.03. The summed E-state index contributed by atoms with van der Waals surface area (Å²) in [4.78, 5) is 0. The molecule has 1 N–H and O–H groups in total. The van der Waals surface area contributed by atoms with E-state index in [0.29, 0.717) is 6.61 Å². The minimum Gasteiger partial charge on any atom is -0.396 e. The molecule has 0 rings (SSSR count). The van der Waals surface area contributed by atoms with Gasteiger partial charge in [-0.25, -0.2) is 0 Å². The first kappa shape index (κ1) is 9.92. The third kappa shape index (κ3) is 2.27. The van der Waals surface area contributed by atoms with Crippen LogP contribution in [0.1, 0.15) is 26.7 Å². The fourth-order valence-electron chi connectivity index (χ4n) is 1.03. The van der Waals surface area contributed by atoms with Crippen LogP contribution >= 0.6 is 0 Å². The van der Waals surface area contributed by atoms with Crippen LogP contribution in [-0.2, 0) is 4.74 Å². The summed E-state index contributed by atoms with van der Waals surface area (Å²) in [7, 11) is 1.68. The summed E-state index contributed by atoms with van der Waals surface area (Å²) < 4.78 is 5.02. The van der Waals surface area contributed by atoms with Gasteiger partial charge in [-0.2, -0.15) is 0 Å². The standard InChI is InChI=1S/C8H18O2/c1-4-8(5-2,6-9)7-10-3/h9H,4-7H2,1-3H3. The molecule has 0 bridgehead atoms. The molecule has 0 aliphatic heterocycles. The van der Waals surface area contributed by atoms with Crippen LogP contribution in [0.5, 0.6) is 0 Å². The molecule has 0 radical (unpaired) electrons. The lowest BCUT2D eigenvalue weighted by molar-refractivity contribution is 0.0236. The molecule has 0 saturated heterocycles. The molecule has 0 aromatic carbocycles. The Hall–Kier alpha value is -0.0800. The number of ether oxygens (including phenoxy) is 1. The number of aliphatic hydroxyl groups is 1. The quantitative estimate of drug-likeness (QED) is 0.635. The zero-order chi connectivity index (χ0) is 8.04. The van der Waals surface area contributed by atoms with Crippen molar-refractivity contribution in [3.8, 4) is 0 Å². The highest BCUT2D eigenvalue weighted by Crippen LogP contribution is 2.25. The highest BCUT2D eigenvalue weighted by Gasteiger charge is 2.24. The molecule has 0 amide bonds. The second kappa shape index (κ2) is 4.69. The van der Waals surface area contributed by atoms with E-state index in [0.717, 1.165) is 12.8 Å². The number of methoxy groups -OCH3 is 1. The van der Waals surface area contributed by atoms with Gasteiger partial charge in [0.15, 0.2) is 0 Å². The predicted molar refractivity (Wildman–Crippen MR) is 42.0 cm³/mol. The van der Waals surface area contributed by atoms with E-state index < -0.39 is 0 Å². The molecule has 0 aromatic rings. The maximum atomic E-state index is 9.03. The van der Waals surface area contributed by atoms with E-state index in [9.17, 15) is 0 Å². The molecule has 0 fully saturated rings. The second-order valence-electron chi connectivity index (χ2n) is 2.80. The molecule has 62 valence electrons. The van der Waals surface area contributed by atoms with Crippen LogP contribution in [0.15, 0.2) is 0 Å². The Kier molecular flexibility index (Phi) is 4.65. The van der Waals surface area contributed by atoms with E-state index in [2.05, 4.69) is 13.8 Å². The number of hydrogen-bond acceptors (Lipinski definition) is 2. The highest BCUT2D eigenvalue weighted by molar-refractivity contribution is 4.74. The molecule has 0 atom stereocenters. The zero-order valence-corrected chi connectivity index (χ0v) is 7.18. The second-order valence-corrected chi connectivity index (χ2v) is 2.80. The van der Waals surface area contributed by atoms with Crippen LogP contribution in [0, 0.1) is 5.41 Å². The Bertz CT molecular complexity index is 69.1. The van der Waals surface area contributed by atoms with Gasteiger partial charge >= 0.3 is 0 Å². The largest absolute Gasteiger partial charge is 0.396 e. The summed E-state index contributed by atoms with van der Waals surface area (Å²) in [6.07, 6.45) is 1.96. The van der Waals surface area contributed by atoms with E-state index >= 15 is 0 Å². The molecule has 0 aromatic heterocycles. The Labute approximate surface area is 63.2 Å². The topological polar surface area (TPSA) is 29.5 Å². The Morgan fingerprint density at radius 1 is 1.30 bits per heavy atom. The Morgan fingerprint density at radius 3 is 1.90 bits per heavy atom. The summed E-state index contributed by atoms with van der Waals surface area (Å²) in [6, 6.07) is 0. The highest BCUT2D eigenvalue weighted by atomic mass is 16.5. The molecule has 0 aliphatic carbocycles. The van der Waals surface area contributed by atoms with Gasteiger partial charge < -0.3 is 9.84 Å². The SMILES string of the molecule is CCC(CC)(CO)COC. The minimum atomic E-state index is 0.00868. The van der Waals surface area contributed by atoms with Crippen LogP contribution < -0.4 is 0 Å². The van der Waals surface area contributed by atoms with Crippen molar-refractivity contribution in [3.63, 3.8) is 0 Å². The van der Waals surface area contributed by atoms with Gasteiger partial charge in [0, 0.05) is 12.5 Å². The fraction of sp³-hybridized carbons (Fsp3) is 1.00. The van der Waals surface area contributed by atoms with Crippen molar-refractivity contribution in [2.24, 2.45) is 5.41 Å². The zero-order valence-electron chi connectivity index (χ0n) is 7.18. The van der Waals surface area contributed by atoms with Gasteiger partial charge in [0.05, 0.1) is 13.2 Å². The van der Waals surface area contributed by atoms with Gasteiger partial charge in [-0.3, -0.25) is 0 Å². The monoisotopic (exact) mass is 146 g/mol. The first-order valence-corrected chi connectivity index (χ1v) is 3.84. The van der Waals surface area contributed by atoms with Crippen LogP contribution in [-0.4, -0.2) is 25.4 Å². The number of aliphatic hydroxyl groups excluding tert-OH is 1. The van der Waals surface area contributed by atoms with Gasteiger partial charge in [0.1, 0.15) is 0 Å². The van der Waals surface area contributed by atoms with Crippen molar-refractivity contribution < 1.29 is 9.84 Å². The van der Waals surface area contributed by atoms with Crippen molar-refractivity contribution in [1.82, 2.24) is 0 Å². The molecular weight excluding hydrogens is 128 g/mol. The summed E-state index contributed by atoms with van der Waals surface area (Å²) >= 11 is 0. The molecule has 0 heterocycles. The molecule has 2 nitrogen and oxygen atoms in total. The average Bonchev–Trinajstić information content (AvgIpc) is 2.01. The van der Waals surface area contributed by atoms with Crippen LogP contribution in [0.4, 0.5) is 0 Å². The molecule has 2 heteroatoms. The van der Waals surface area contributed by atoms with Crippen molar-refractivity contribution in [2.45, 2.75) is 26.7 Å². The van der Waals surface area contributed by atoms with E-state index in [1.54, 1.807) is 7.11 Å². The number of rotatable bonds is 5. The molecule has 0 aliphatic rings.